The van der Waals surface area contributed by atoms with Crippen LogP contribution in [0.15, 0.2) is 30.3 Å². The molecule has 1 saturated carbocycles. The summed E-state index contributed by atoms with van der Waals surface area (Å²) < 4.78 is 0. The van der Waals surface area contributed by atoms with Gasteiger partial charge in [0.2, 0.25) is 11.8 Å². The Morgan fingerprint density at radius 3 is 2.26 bits per heavy atom. The van der Waals surface area contributed by atoms with Gasteiger partial charge in [0.25, 0.3) is 0 Å². The summed E-state index contributed by atoms with van der Waals surface area (Å²) in [6.45, 7) is 5.32. The summed E-state index contributed by atoms with van der Waals surface area (Å²) in [6.07, 6.45) is 5.59. The van der Waals surface area contributed by atoms with E-state index in [0.29, 0.717) is 0 Å². The molecule has 2 amide bonds. The Balaban J connectivity index is 1.94. The lowest BCUT2D eigenvalue weighted by Gasteiger charge is -2.29. The van der Waals surface area contributed by atoms with Gasteiger partial charge in [-0.2, -0.15) is 0 Å². The Bertz CT molecular complexity index is 534. The second kappa shape index (κ2) is 7.62. The first kappa shape index (κ1) is 17.5. The minimum absolute atomic E-state index is 0.120. The molecule has 126 valence electrons. The van der Waals surface area contributed by atoms with Crippen LogP contribution < -0.4 is 10.6 Å². The zero-order valence-electron chi connectivity index (χ0n) is 14.4. The van der Waals surface area contributed by atoms with Gasteiger partial charge in [0.05, 0.1) is 6.04 Å². The van der Waals surface area contributed by atoms with Gasteiger partial charge in [0, 0.05) is 6.04 Å². The lowest BCUT2D eigenvalue weighted by Crippen LogP contribution is -2.51. The Morgan fingerprint density at radius 1 is 1.04 bits per heavy atom. The van der Waals surface area contributed by atoms with Crippen molar-refractivity contribution >= 4 is 11.8 Å². The minimum atomic E-state index is -1.07. The van der Waals surface area contributed by atoms with Crippen LogP contribution in [0.2, 0.25) is 0 Å². The molecule has 4 heteroatoms. The SMILES string of the molecule is CC(NC(=O)C(C)(C)C(=O)NC1CCCCC1)c1ccccc1. The van der Waals surface area contributed by atoms with Crippen molar-refractivity contribution < 1.29 is 9.59 Å². The van der Waals surface area contributed by atoms with Gasteiger partial charge >= 0.3 is 0 Å². The summed E-state index contributed by atoms with van der Waals surface area (Å²) in [5.74, 6) is -0.413. The van der Waals surface area contributed by atoms with Crippen LogP contribution in [-0.2, 0) is 9.59 Å². The summed E-state index contributed by atoms with van der Waals surface area (Å²) in [6, 6.07) is 9.87. The molecule has 1 aromatic rings. The molecule has 4 nitrogen and oxygen atoms in total. The Labute approximate surface area is 139 Å². The number of rotatable bonds is 5. The smallest absolute Gasteiger partial charge is 0.235 e. The molecule has 1 fully saturated rings. The largest absolute Gasteiger partial charge is 0.352 e. The number of hydrogen-bond acceptors (Lipinski definition) is 2. The van der Waals surface area contributed by atoms with Gasteiger partial charge in [-0.25, -0.2) is 0 Å². The van der Waals surface area contributed by atoms with E-state index >= 15 is 0 Å². The second-order valence-corrected chi connectivity index (χ2v) is 7.04. The van der Waals surface area contributed by atoms with Crippen molar-refractivity contribution in [2.45, 2.75) is 65.0 Å². The molecule has 0 saturated heterocycles. The number of amides is 2. The van der Waals surface area contributed by atoms with Crippen molar-refractivity contribution in [3.8, 4) is 0 Å². The molecule has 1 unspecified atom stereocenters. The van der Waals surface area contributed by atoms with Crippen molar-refractivity contribution in [1.29, 1.82) is 0 Å². The first-order valence-electron chi connectivity index (χ1n) is 8.58. The van der Waals surface area contributed by atoms with E-state index in [1.54, 1.807) is 13.8 Å². The number of carbonyl (C=O) groups is 2. The maximum absolute atomic E-state index is 12.6. The zero-order valence-corrected chi connectivity index (χ0v) is 14.4. The molecule has 0 aliphatic heterocycles. The summed E-state index contributed by atoms with van der Waals surface area (Å²) in [7, 11) is 0. The van der Waals surface area contributed by atoms with E-state index in [2.05, 4.69) is 10.6 Å². The molecule has 1 aliphatic carbocycles. The average molecular weight is 316 g/mol. The molecule has 0 bridgehead atoms. The fraction of sp³-hybridized carbons (Fsp3) is 0.579. The van der Waals surface area contributed by atoms with Crippen molar-refractivity contribution in [3.63, 3.8) is 0 Å². The molecule has 0 radical (unpaired) electrons. The summed E-state index contributed by atoms with van der Waals surface area (Å²) in [5, 5.41) is 6.01. The third kappa shape index (κ3) is 4.57. The molecule has 0 heterocycles. The van der Waals surface area contributed by atoms with E-state index in [-0.39, 0.29) is 23.9 Å². The van der Waals surface area contributed by atoms with Gasteiger partial charge in [-0.05, 0) is 39.2 Å². The van der Waals surface area contributed by atoms with Gasteiger partial charge in [-0.1, -0.05) is 49.6 Å². The van der Waals surface area contributed by atoms with Crippen LogP contribution in [0.3, 0.4) is 0 Å². The van der Waals surface area contributed by atoms with E-state index in [9.17, 15) is 9.59 Å². The summed E-state index contributed by atoms with van der Waals surface area (Å²) >= 11 is 0. The quantitative estimate of drug-likeness (QED) is 0.819. The van der Waals surface area contributed by atoms with Gasteiger partial charge in [0.15, 0.2) is 0 Å². The monoisotopic (exact) mass is 316 g/mol. The van der Waals surface area contributed by atoms with Gasteiger partial charge in [-0.3, -0.25) is 9.59 Å². The minimum Gasteiger partial charge on any atom is -0.352 e. The normalized spacial score (nSPS) is 17.3. The van der Waals surface area contributed by atoms with Crippen molar-refractivity contribution in [1.82, 2.24) is 10.6 Å². The lowest BCUT2D eigenvalue weighted by atomic mass is 9.88. The molecule has 0 spiro atoms. The second-order valence-electron chi connectivity index (χ2n) is 7.04. The maximum Gasteiger partial charge on any atom is 0.235 e. The van der Waals surface area contributed by atoms with Crippen LogP contribution in [0.4, 0.5) is 0 Å². The molecular formula is C19H28N2O2. The zero-order chi connectivity index (χ0) is 16.9. The van der Waals surface area contributed by atoms with Crippen LogP contribution >= 0.6 is 0 Å². The van der Waals surface area contributed by atoms with Gasteiger partial charge in [-0.15, -0.1) is 0 Å². The molecule has 1 aliphatic rings. The highest BCUT2D eigenvalue weighted by molar-refractivity contribution is 6.04. The Kier molecular flexibility index (Phi) is 5.80. The Morgan fingerprint density at radius 2 is 1.65 bits per heavy atom. The lowest BCUT2D eigenvalue weighted by molar-refractivity contribution is -0.142. The standard InChI is InChI=1S/C19H28N2O2/c1-14(15-10-6-4-7-11-15)20-17(22)19(2,3)18(23)21-16-12-8-5-9-13-16/h4,6-7,10-11,14,16H,5,8-9,12-13H2,1-3H3,(H,20,22)(H,21,23). The number of benzene rings is 1. The first-order valence-corrected chi connectivity index (χ1v) is 8.58. The fourth-order valence-corrected chi connectivity index (χ4v) is 2.92. The first-order chi connectivity index (χ1) is 10.9. The highest BCUT2D eigenvalue weighted by atomic mass is 16.2. The third-order valence-corrected chi connectivity index (χ3v) is 4.72. The highest BCUT2D eigenvalue weighted by Gasteiger charge is 2.37. The predicted octanol–water partition coefficient (Wildman–Crippen LogP) is 3.34. The molecular weight excluding hydrogens is 288 g/mol. The van der Waals surface area contributed by atoms with Crippen LogP contribution in [-0.4, -0.2) is 17.9 Å². The fourth-order valence-electron chi connectivity index (χ4n) is 2.92. The average Bonchev–Trinajstić information content (AvgIpc) is 2.56. The van der Waals surface area contributed by atoms with Crippen LogP contribution in [0.1, 0.15) is 64.5 Å². The van der Waals surface area contributed by atoms with Gasteiger partial charge in [0.1, 0.15) is 5.41 Å². The van der Waals surface area contributed by atoms with Crippen LogP contribution in [0.5, 0.6) is 0 Å². The predicted molar refractivity (Wildman–Crippen MR) is 91.8 cm³/mol. The van der Waals surface area contributed by atoms with Gasteiger partial charge < -0.3 is 10.6 Å². The molecule has 2 rings (SSSR count). The van der Waals surface area contributed by atoms with E-state index in [1.807, 2.05) is 37.3 Å². The maximum atomic E-state index is 12.6. The van der Waals surface area contributed by atoms with Crippen LogP contribution in [0, 0.1) is 5.41 Å². The molecule has 1 atom stereocenters. The molecule has 2 N–H and O–H groups in total. The van der Waals surface area contributed by atoms with E-state index < -0.39 is 5.41 Å². The molecule has 23 heavy (non-hydrogen) atoms. The van der Waals surface area contributed by atoms with Crippen molar-refractivity contribution in [2.75, 3.05) is 0 Å². The number of nitrogens with one attached hydrogen (secondary N) is 2. The van der Waals surface area contributed by atoms with E-state index in [4.69, 9.17) is 0 Å². The number of carbonyl (C=O) groups excluding carboxylic acids is 2. The summed E-state index contributed by atoms with van der Waals surface area (Å²) in [4.78, 5) is 25.1. The summed E-state index contributed by atoms with van der Waals surface area (Å²) in [5.41, 5.74) is -0.0372. The van der Waals surface area contributed by atoms with E-state index in [1.165, 1.54) is 6.42 Å². The highest BCUT2D eigenvalue weighted by Crippen LogP contribution is 2.22. The molecule has 0 aromatic heterocycles. The topological polar surface area (TPSA) is 58.2 Å². The van der Waals surface area contributed by atoms with Crippen molar-refractivity contribution in [3.05, 3.63) is 35.9 Å². The number of hydrogen-bond donors (Lipinski definition) is 2. The molecule has 1 aromatic carbocycles. The van der Waals surface area contributed by atoms with Crippen LogP contribution in [0.25, 0.3) is 0 Å². The Hall–Kier alpha value is -1.84. The third-order valence-electron chi connectivity index (χ3n) is 4.72. The van der Waals surface area contributed by atoms with Crippen molar-refractivity contribution in [2.24, 2.45) is 5.41 Å². The van der Waals surface area contributed by atoms with E-state index in [0.717, 1.165) is 31.2 Å².